The summed E-state index contributed by atoms with van der Waals surface area (Å²) < 4.78 is 13.5. The van der Waals surface area contributed by atoms with E-state index < -0.39 is 0 Å². The lowest BCUT2D eigenvalue weighted by Crippen LogP contribution is -2.01. The van der Waals surface area contributed by atoms with Gasteiger partial charge in [-0.3, -0.25) is 0 Å². The third kappa shape index (κ3) is 2.53. The minimum Gasteiger partial charge on any atom is -0.396 e. The molecule has 0 aliphatic heterocycles. The van der Waals surface area contributed by atoms with Crippen molar-refractivity contribution in [1.82, 2.24) is 4.98 Å². The summed E-state index contributed by atoms with van der Waals surface area (Å²) in [7, 11) is 0. The van der Waals surface area contributed by atoms with Crippen molar-refractivity contribution in [3.8, 4) is 0 Å². The van der Waals surface area contributed by atoms with Gasteiger partial charge in [-0.25, -0.2) is 9.37 Å². The van der Waals surface area contributed by atoms with Gasteiger partial charge in [0, 0.05) is 6.20 Å². The van der Waals surface area contributed by atoms with E-state index in [-0.39, 0.29) is 5.82 Å². The highest BCUT2D eigenvalue weighted by Gasteiger charge is 2.06. The van der Waals surface area contributed by atoms with Crippen LogP contribution >= 0.6 is 0 Å². The molecule has 4 heteroatoms. The largest absolute Gasteiger partial charge is 0.396 e. The normalized spacial score (nSPS) is 10.3. The SMILES string of the molecule is Cc1cnc(Nc2cc(C)ccc2F)c(N)c1. The molecule has 0 radical (unpaired) electrons. The first-order chi connectivity index (χ1) is 8.06. The molecule has 0 spiro atoms. The van der Waals surface area contributed by atoms with Gasteiger partial charge in [-0.1, -0.05) is 6.07 Å². The van der Waals surface area contributed by atoms with E-state index in [9.17, 15) is 4.39 Å². The zero-order valence-electron chi connectivity index (χ0n) is 9.79. The molecule has 1 aromatic heterocycles. The van der Waals surface area contributed by atoms with Crippen LogP contribution in [0.3, 0.4) is 0 Å². The van der Waals surface area contributed by atoms with Crippen LogP contribution in [-0.4, -0.2) is 4.98 Å². The Morgan fingerprint density at radius 2 is 1.94 bits per heavy atom. The van der Waals surface area contributed by atoms with Crippen LogP contribution in [0.5, 0.6) is 0 Å². The fourth-order valence-corrected chi connectivity index (χ4v) is 1.56. The van der Waals surface area contributed by atoms with Crippen molar-refractivity contribution in [3.63, 3.8) is 0 Å². The molecule has 0 bridgehead atoms. The number of benzene rings is 1. The zero-order valence-corrected chi connectivity index (χ0v) is 9.79. The molecule has 0 fully saturated rings. The Morgan fingerprint density at radius 1 is 1.18 bits per heavy atom. The highest BCUT2D eigenvalue weighted by molar-refractivity contribution is 5.69. The molecule has 0 unspecified atom stereocenters. The topological polar surface area (TPSA) is 50.9 Å². The first-order valence-electron chi connectivity index (χ1n) is 5.31. The molecule has 3 N–H and O–H groups in total. The van der Waals surface area contributed by atoms with E-state index in [0.717, 1.165) is 11.1 Å². The Kier molecular flexibility index (Phi) is 2.95. The minimum atomic E-state index is -0.322. The number of aryl methyl sites for hydroxylation is 2. The fourth-order valence-electron chi connectivity index (χ4n) is 1.56. The highest BCUT2D eigenvalue weighted by atomic mass is 19.1. The molecule has 88 valence electrons. The van der Waals surface area contributed by atoms with Crippen molar-refractivity contribution in [3.05, 3.63) is 47.4 Å². The number of anilines is 3. The van der Waals surface area contributed by atoms with E-state index >= 15 is 0 Å². The van der Waals surface area contributed by atoms with Gasteiger partial charge >= 0.3 is 0 Å². The van der Waals surface area contributed by atoms with Crippen LogP contribution in [0.4, 0.5) is 21.6 Å². The molecule has 0 atom stereocenters. The van der Waals surface area contributed by atoms with Crippen LogP contribution in [0.15, 0.2) is 30.5 Å². The molecule has 3 nitrogen and oxygen atoms in total. The predicted molar refractivity (Wildman–Crippen MR) is 67.8 cm³/mol. The molecule has 2 rings (SSSR count). The maximum atomic E-state index is 13.5. The van der Waals surface area contributed by atoms with E-state index in [1.54, 1.807) is 24.4 Å². The van der Waals surface area contributed by atoms with Crippen molar-refractivity contribution in [2.45, 2.75) is 13.8 Å². The monoisotopic (exact) mass is 231 g/mol. The number of halogens is 1. The Morgan fingerprint density at radius 3 is 2.65 bits per heavy atom. The summed E-state index contributed by atoms with van der Waals surface area (Å²) in [6, 6.07) is 6.65. The summed E-state index contributed by atoms with van der Waals surface area (Å²) in [6.07, 6.45) is 1.69. The van der Waals surface area contributed by atoms with E-state index in [2.05, 4.69) is 10.3 Å². The van der Waals surface area contributed by atoms with Gasteiger partial charge in [0.1, 0.15) is 5.82 Å². The highest BCUT2D eigenvalue weighted by Crippen LogP contribution is 2.24. The van der Waals surface area contributed by atoms with E-state index in [0.29, 0.717) is 17.2 Å². The predicted octanol–water partition coefficient (Wildman–Crippen LogP) is 3.16. The van der Waals surface area contributed by atoms with Crippen molar-refractivity contribution in [1.29, 1.82) is 0 Å². The summed E-state index contributed by atoms with van der Waals surface area (Å²) in [5, 5.41) is 2.90. The second-order valence-electron chi connectivity index (χ2n) is 4.06. The van der Waals surface area contributed by atoms with Crippen LogP contribution in [0.2, 0.25) is 0 Å². The summed E-state index contributed by atoms with van der Waals surface area (Å²) in [4.78, 5) is 4.14. The molecule has 2 aromatic rings. The van der Waals surface area contributed by atoms with Crippen LogP contribution in [0.25, 0.3) is 0 Å². The van der Waals surface area contributed by atoms with Gasteiger partial charge in [0.15, 0.2) is 5.82 Å². The summed E-state index contributed by atoms with van der Waals surface area (Å²) in [5.74, 6) is 0.150. The number of nitrogens with one attached hydrogen (secondary N) is 1. The molecule has 0 aliphatic carbocycles. The lowest BCUT2D eigenvalue weighted by atomic mass is 10.2. The Balaban J connectivity index is 2.34. The Bertz CT molecular complexity index is 552. The second kappa shape index (κ2) is 4.41. The molecule has 0 aliphatic rings. The van der Waals surface area contributed by atoms with Crippen LogP contribution < -0.4 is 11.1 Å². The number of hydrogen-bond acceptors (Lipinski definition) is 3. The molecular weight excluding hydrogens is 217 g/mol. The van der Waals surface area contributed by atoms with E-state index in [1.807, 2.05) is 13.8 Å². The Labute approximate surface area is 99.5 Å². The van der Waals surface area contributed by atoms with Gasteiger partial charge in [0.2, 0.25) is 0 Å². The lowest BCUT2D eigenvalue weighted by molar-refractivity contribution is 0.631. The number of nitrogen functional groups attached to an aromatic ring is 1. The number of aromatic nitrogens is 1. The minimum absolute atomic E-state index is 0.322. The van der Waals surface area contributed by atoms with Gasteiger partial charge in [-0.15, -0.1) is 0 Å². The van der Waals surface area contributed by atoms with Crippen LogP contribution in [0.1, 0.15) is 11.1 Å². The summed E-state index contributed by atoms with van der Waals surface area (Å²) in [5.41, 5.74) is 8.64. The lowest BCUT2D eigenvalue weighted by Gasteiger charge is -2.10. The van der Waals surface area contributed by atoms with E-state index in [4.69, 9.17) is 5.73 Å². The maximum Gasteiger partial charge on any atom is 0.153 e. The summed E-state index contributed by atoms with van der Waals surface area (Å²) >= 11 is 0. The standard InChI is InChI=1S/C13H14FN3/c1-8-3-4-10(14)12(6-8)17-13-11(15)5-9(2)7-16-13/h3-7H,15H2,1-2H3,(H,16,17). The second-order valence-corrected chi connectivity index (χ2v) is 4.06. The van der Waals surface area contributed by atoms with Crippen molar-refractivity contribution < 1.29 is 4.39 Å². The third-order valence-electron chi connectivity index (χ3n) is 2.43. The average Bonchev–Trinajstić information content (AvgIpc) is 2.27. The van der Waals surface area contributed by atoms with Gasteiger partial charge in [-0.05, 0) is 43.2 Å². The molecule has 1 aromatic carbocycles. The quantitative estimate of drug-likeness (QED) is 0.834. The molecule has 17 heavy (non-hydrogen) atoms. The Hall–Kier alpha value is -2.10. The smallest absolute Gasteiger partial charge is 0.153 e. The number of pyridine rings is 1. The molecular formula is C13H14FN3. The van der Waals surface area contributed by atoms with Crippen molar-refractivity contribution in [2.24, 2.45) is 0 Å². The molecule has 0 saturated heterocycles. The van der Waals surface area contributed by atoms with Gasteiger partial charge in [0.05, 0.1) is 11.4 Å². The first kappa shape index (κ1) is 11.4. The zero-order chi connectivity index (χ0) is 12.4. The number of nitrogens with two attached hydrogens (primary N) is 1. The van der Waals surface area contributed by atoms with Crippen molar-refractivity contribution in [2.75, 3.05) is 11.1 Å². The van der Waals surface area contributed by atoms with Gasteiger partial charge < -0.3 is 11.1 Å². The van der Waals surface area contributed by atoms with E-state index in [1.165, 1.54) is 6.07 Å². The average molecular weight is 231 g/mol. The molecule has 1 heterocycles. The maximum absolute atomic E-state index is 13.5. The first-order valence-corrected chi connectivity index (χ1v) is 5.31. The van der Waals surface area contributed by atoms with Crippen LogP contribution in [-0.2, 0) is 0 Å². The summed E-state index contributed by atoms with van der Waals surface area (Å²) in [6.45, 7) is 3.80. The van der Waals surface area contributed by atoms with Crippen LogP contribution in [0, 0.1) is 19.7 Å². The third-order valence-corrected chi connectivity index (χ3v) is 2.43. The van der Waals surface area contributed by atoms with Gasteiger partial charge in [0.25, 0.3) is 0 Å². The number of hydrogen-bond donors (Lipinski definition) is 2. The molecule has 0 saturated carbocycles. The molecule has 0 amide bonds. The van der Waals surface area contributed by atoms with Crippen molar-refractivity contribution >= 4 is 17.2 Å². The fraction of sp³-hybridized carbons (Fsp3) is 0.154. The number of nitrogens with zero attached hydrogens (tertiary/aromatic N) is 1. The number of rotatable bonds is 2. The van der Waals surface area contributed by atoms with Gasteiger partial charge in [-0.2, -0.15) is 0 Å².